The van der Waals surface area contributed by atoms with Crippen LogP contribution in [0.1, 0.15) is 57.4 Å². The van der Waals surface area contributed by atoms with Gasteiger partial charge < -0.3 is 9.80 Å². The van der Waals surface area contributed by atoms with E-state index in [4.69, 9.17) is 23.2 Å². The van der Waals surface area contributed by atoms with E-state index in [1.54, 1.807) is 12.1 Å². The molecule has 0 spiro atoms. The Morgan fingerprint density at radius 3 is 2.77 bits per heavy atom. The maximum atomic E-state index is 12.8. The molecule has 0 radical (unpaired) electrons. The highest BCUT2D eigenvalue weighted by Gasteiger charge is 2.36. The molecule has 2 amide bonds. The van der Waals surface area contributed by atoms with E-state index in [0.29, 0.717) is 35.5 Å². The van der Waals surface area contributed by atoms with Crippen molar-refractivity contribution in [2.75, 3.05) is 6.54 Å². The minimum absolute atomic E-state index is 0.0374. The second-order valence-corrected chi connectivity index (χ2v) is 8.17. The molecular formula is C20H26Cl2N2O2. The summed E-state index contributed by atoms with van der Waals surface area (Å²) in [6.07, 6.45) is 6.01. The molecule has 0 saturated carbocycles. The highest BCUT2D eigenvalue weighted by atomic mass is 35.5. The van der Waals surface area contributed by atoms with Crippen molar-refractivity contribution in [3.63, 3.8) is 0 Å². The van der Waals surface area contributed by atoms with E-state index >= 15 is 0 Å². The first kappa shape index (κ1) is 19.5. The number of nitrogens with zero attached hydrogens (tertiary/aromatic N) is 2. The first-order chi connectivity index (χ1) is 12.5. The Kier molecular flexibility index (Phi) is 6.46. The van der Waals surface area contributed by atoms with E-state index in [1.807, 2.05) is 15.9 Å². The number of benzene rings is 1. The van der Waals surface area contributed by atoms with E-state index in [2.05, 4.69) is 6.92 Å². The van der Waals surface area contributed by atoms with Gasteiger partial charge in [-0.05, 0) is 43.4 Å². The fourth-order valence-corrected chi connectivity index (χ4v) is 4.64. The van der Waals surface area contributed by atoms with Crippen molar-refractivity contribution in [3.05, 3.63) is 33.8 Å². The quantitative estimate of drug-likeness (QED) is 0.700. The van der Waals surface area contributed by atoms with E-state index < -0.39 is 0 Å². The highest BCUT2D eigenvalue weighted by Crippen LogP contribution is 2.30. The third kappa shape index (κ3) is 4.34. The molecule has 2 aliphatic heterocycles. The molecular weight excluding hydrogens is 371 g/mol. The van der Waals surface area contributed by atoms with E-state index in [9.17, 15) is 9.59 Å². The van der Waals surface area contributed by atoms with Gasteiger partial charge in [-0.1, -0.05) is 42.6 Å². The van der Waals surface area contributed by atoms with Crippen LogP contribution in [0.3, 0.4) is 0 Å². The Hall–Kier alpha value is -1.26. The molecule has 0 aliphatic carbocycles. The van der Waals surface area contributed by atoms with Crippen molar-refractivity contribution in [3.8, 4) is 0 Å². The topological polar surface area (TPSA) is 40.6 Å². The minimum atomic E-state index is -0.0374. The monoisotopic (exact) mass is 396 g/mol. The van der Waals surface area contributed by atoms with Crippen molar-refractivity contribution in [2.24, 2.45) is 0 Å². The van der Waals surface area contributed by atoms with Crippen molar-refractivity contribution in [1.82, 2.24) is 9.80 Å². The van der Waals surface area contributed by atoms with Crippen LogP contribution in [0, 0.1) is 0 Å². The first-order valence-electron chi connectivity index (χ1n) is 9.52. The van der Waals surface area contributed by atoms with Gasteiger partial charge in [-0.2, -0.15) is 0 Å². The first-order valence-corrected chi connectivity index (χ1v) is 10.3. The van der Waals surface area contributed by atoms with Crippen LogP contribution in [0.15, 0.2) is 18.2 Å². The van der Waals surface area contributed by atoms with Gasteiger partial charge in [0.25, 0.3) is 0 Å². The van der Waals surface area contributed by atoms with Crippen LogP contribution in [0.5, 0.6) is 0 Å². The SMILES string of the molecule is CCCC1CCCN1C(=O)CC1CCC(=O)N1Cc1ccc(Cl)cc1Cl. The zero-order chi connectivity index (χ0) is 18.7. The molecule has 4 nitrogen and oxygen atoms in total. The van der Waals surface area contributed by atoms with E-state index in [-0.39, 0.29) is 17.9 Å². The molecule has 0 bridgehead atoms. The molecule has 2 saturated heterocycles. The summed E-state index contributed by atoms with van der Waals surface area (Å²) >= 11 is 12.2. The molecule has 2 heterocycles. The van der Waals surface area contributed by atoms with Crippen LogP contribution in [0.2, 0.25) is 10.0 Å². The van der Waals surface area contributed by atoms with Crippen LogP contribution in [0.4, 0.5) is 0 Å². The van der Waals surface area contributed by atoms with Gasteiger partial charge in [-0.15, -0.1) is 0 Å². The molecule has 142 valence electrons. The molecule has 2 unspecified atom stereocenters. The standard InChI is InChI=1S/C20H26Cl2N2O2/c1-2-4-16-5-3-10-23(16)20(26)12-17-8-9-19(25)24(17)13-14-6-7-15(21)11-18(14)22/h6-7,11,16-17H,2-5,8-10,12-13H2,1H3. The molecule has 26 heavy (non-hydrogen) atoms. The minimum Gasteiger partial charge on any atom is -0.340 e. The number of carbonyl (C=O) groups excluding carboxylic acids is 2. The summed E-state index contributed by atoms with van der Waals surface area (Å²) in [6, 6.07) is 5.67. The fraction of sp³-hybridized carbons (Fsp3) is 0.600. The van der Waals surface area contributed by atoms with E-state index in [1.165, 1.54) is 0 Å². The average molecular weight is 397 g/mol. The smallest absolute Gasteiger partial charge is 0.224 e. The van der Waals surface area contributed by atoms with Gasteiger partial charge in [0.1, 0.15) is 0 Å². The molecule has 0 N–H and O–H groups in total. The molecule has 3 rings (SSSR count). The fourth-order valence-electron chi connectivity index (χ4n) is 4.17. The number of likely N-dealkylation sites (tertiary alicyclic amines) is 2. The average Bonchev–Trinajstić information content (AvgIpc) is 3.19. The number of hydrogen-bond acceptors (Lipinski definition) is 2. The maximum absolute atomic E-state index is 12.8. The van der Waals surface area contributed by atoms with Crippen LogP contribution in [-0.4, -0.2) is 40.2 Å². The van der Waals surface area contributed by atoms with Crippen LogP contribution in [-0.2, 0) is 16.1 Å². The molecule has 6 heteroatoms. The Labute approximate surface area is 165 Å². The molecule has 1 aromatic carbocycles. The van der Waals surface area contributed by atoms with Crippen molar-refractivity contribution >= 4 is 35.0 Å². The lowest BCUT2D eigenvalue weighted by atomic mass is 10.1. The zero-order valence-corrected chi connectivity index (χ0v) is 16.7. The molecule has 2 atom stereocenters. The summed E-state index contributed by atoms with van der Waals surface area (Å²) in [7, 11) is 0. The number of hydrogen-bond donors (Lipinski definition) is 0. The van der Waals surface area contributed by atoms with Gasteiger partial charge in [0.2, 0.25) is 11.8 Å². The van der Waals surface area contributed by atoms with Gasteiger partial charge in [0, 0.05) is 48.1 Å². The predicted octanol–water partition coefficient (Wildman–Crippen LogP) is 4.67. The Balaban J connectivity index is 1.66. The largest absolute Gasteiger partial charge is 0.340 e. The molecule has 2 fully saturated rings. The van der Waals surface area contributed by atoms with Crippen LogP contribution < -0.4 is 0 Å². The summed E-state index contributed by atoms with van der Waals surface area (Å²) in [5.74, 6) is 0.285. The third-order valence-electron chi connectivity index (χ3n) is 5.54. The third-order valence-corrected chi connectivity index (χ3v) is 6.12. The highest BCUT2D eigenvalue weighted by molar-refractivity contribution is 6.35. The molecule has 1 aromatic rings. The van der Waals surface area contributed by atoms with Crippen molar-refractivity contribution in [2.45, 2.75) is 70.5 Å². The number of rotatable bonds is 6. The number of amides is 2. The van der Waals surface area contributed by atoms with Crippen LogP contribution in [0.25, 0.3) is 0 Å². The second-order valence-electron chi connectivity index (χ2n) is 7.33. The van der Waals surface area contributed by atoms with Gasteiger partial charge in [-0.3, -0.25) is 9.59 Å². The normalized spacial score (nSPS) is 23.1. The van der Waals surface area contributed by atoms with Gasteiger partial charge in [0.05, 0.1) is 0 Å². The van der Waals surface area contributed by atoms with Gasteiger partial charge in [0.15, 0.2) is 0 Å². The summed E-state index contributed by atoms with van der Waals surface area (Å²) in [5, 5.41) is 1.14. The van der Waals surface area contributed by atoms with Crippen molar-refractivity contribution in [1.29, 1.82) is 0 Å². The van der Waals surface area contributed by atoms with Crippen LogP contribution >= 0.6 is 23.2 Å². The Morgan fingerprint density at radius 2 is 2.04 bits per heavy atom. The zero-order valence-electron chi connectivity index (χ0n) is 15.2. The molecule has 2 aliphatic rings. The van der Waals surface area contributed by atoms with E-state index in [0.717, 1.165) is 44.2 Å². The Morgan fingerprint density at radius 1 is 1.23 bits per heavy atom. The van der Waals surface area contributed by atoms with Gasteiger partial charge >= 0.3 is 0 Å². The maximum Gasteiger partial charge on any atom is 0.224 e. The lowest BCUT2D eigenvalue weighted by Gasteiger charge is -2.29. The predicted molar refractivity (Wildman–Crippen MR) is 104 cm³/mol. The lowest BCUT2D eigenvalue weighted by Crippen LogP contribution is -2.41. The number of carbonyl (C=O) groups is 2. The van der Waals surface area contributed by atoms with Crippen molar-refractivity contribution < 1.29 is 9.59 Å². The summed E-state index contributed by atoms with van der Waals surface area (Å²) in [4.78, 5) is 29.1. The summed E-state index contributed by atoms with van der Waals surface area (Å²) in [5.41, 5.74) is 0.869. The van der Waals surface area contributed by atoms with Gasteiger partial charge in [-0.25, -0.2) is 0 Å². The Bertz CT molecular complexity index is 680. The lowest BCUT2D eigenvalue weighted by molar-refractivity contribution is -0.135. The molecule has 0 aromatic heterocycles. The second kappa shape index (κ2) is 8.62. The summed E-state index contributed by atoms with van der Waals surface area (Å²) < 4.78 is 0. The number of halogens is 2. The summed E-state index contributed by atoms with van der Waals surface area (Å²) in [6.45, 7) is 3.45.